The number of halogens is 2. The van der Waals surface area contributed by atoms with Gasteiger partial charge in [0.25, 0.3) is 0 Å². The summed E-state index contributed by atoms with van der Waals surface area (Å²) >= 11 is 0. The van der Waals surface area contributed by atoms with Gasteiger partial charge in [-0.15, -0.1) is 0 Å². The molecular weight excluding hydrogens is 350 g/mol. The van der Waals surface area contributed by atoms with Crippen molar-refractivity contribution >= 4 is 23.6 Å². The van der Waals surface area contributed by atoms with Crippen molar-refractivity contribution in [3.8, 4) is 0 Å². The number of ether oxygens (including phenoxy) is 1. The first kappa shape index (κ1) is 19.0. The summed E-state index contributed by atoms with van der Waals surface area (Å²) in [6.45, 7) is 1.42. The predicted octanol–water partition coefficient (Wildman–Crippen LogP) is 1.16. The van der Waals surface area contributed by atoms with Crippen molar-refractivity contribution in [2.75, 3.05) is 12.4 Å². The zero-order valence-electron chi connectivity index (χ0n) is 13.9. The molecule has 1 aromatic carbocycles. The van der Waals surface area contributed by atoms with Crippen molar-refractivity contribution in [1.29, 1.82) is 0 Å². The number of H-pyrrole nitrogens is 1. The number of anilines is 1. The minimum atomic E-state index is -0.945. The van der Waals surface area contributed by atoms with E-state index in [1.54, 1.807) is 0 Å². The zero-order chi connectivity index (χ0) is 19.3. The first-order valence-electron chi connectivity index (χ1n) is 7.47. The molecule has 2 aromatic rings. The number of hydrogen-bond acceptors (Lipinski definition) is 5. The molecule has 1 atom stereocenters. The number of amides is 2. The van der Waals surface area contributed by atoms with Crippen molar-refractivity contribution in [1.82, 2.24) is 15.5 Å². The Morgan fingerprint density at radius 3 is 2.46 bits per heavy atom. The number of methoxy groups -OCH3 is 1. The van der Waals surface area contributed by atoms with E-state index in [9.17, 15) is 23.2 Å². The molecule has 0 saturated heterocycles. The van der Waals surface area contributed by atoms with Crippen LogP contribution in [0.4, 0.5) is 14.6 Å². The molecule has 0 spiro atoms. The van der Waals surface area contributed by atoms with E-state index in [1.165, 1.54) is 20.1 Å². The highest BCUT2D eigenvalue weighted by atomic mass is 19.1. The second-order valence-corrected chi connectivity index (χ2v) is 5.39. The summed E-state index contributed by atoms with van der Waals surface area (Å²) in [6, 6.07) is 3.09. The van der Waals surface area contributed by atoms with Crippen molar-refractivity contribution < 1.29 is 27.9 Å². The van der Waals surface area contributed by atoms with Crippen LogP contribution in [0.5, 0.6) is 0 Å². The normalized spacial score (nSPS) is 11.5. The third-order valence-electron chi connectivity index (χ3n) is 3.29. The molecule has 138 valence electrons. The van der Waals surface area contributed by atoms with Crippen LogP contribution in [0, 0.1) is 11.6 Å². The molecular formula is C16H16F2N4O4. The Morgan fingerprint density at radius 2 is 1.85 bits per heavy atom. The molecule has 0 aliphatic rings. The fourth-order valence-electron chi connectivity index (χ4n) is 2.09. The Kier molecular flexibility index (Phi) is 5.99. The number of aromatic amines is 1. The monoisotopic (exact) mass is 366 g/mol. The van der Waals surface area contributed by atoms with Crippen molar-refractivity contribution in [3.63, 3.8) is 0 Å². The maximum absolute atomic E-state index is 13.1. The van der Waals surface area contributed by atoms with E-state index < -0.39 is 35.5 Å². The lowest BCUT2D eigenvalue weighted by atomic mass is 10.1. The molecule has 1 unspecified atom stereocenters. The van der Waals surface area contributed by atoms with E-state index in [0.717, 1.165) is 12.1 Å². The van der Waals surface area contributed by atoms with Crippen LogP contribution in [0.2, 0.25) is 0 Å². The molecule has 0 bridgehead atoms. The van der Waals surface area contributed by atoms with Gasteiger partial charge in [-0.25, -0.2) is 13.6 Å². The van der Waals surface area contributed by atoms with E-state index in [4.69, 9.17) is 0 Å². The average Bonchev–Trinajstić information content (AvgIpc) is 3.01. The fraction of sp³-hybridized carbons (Fsp3) is 0.250. The number of benzene rings is 1. The smallest absolute Gasteiger partial charge is 0.356 e. The molecule has 26 heavy (non-hydrogen) atoms. The average molecular weight is 366 g/mol. The van der Waals surface area contributed by atoms with E-state index in [1.807, 2.05) is 0 Å². The van der Waals surface area contributed by atoms with Crippen LogP contribution in [-0.2, 0) is 20.7 Å². The number of carbonyl (C=O) groups excluding carboxylic acids is 3. The largest absolute Gasteiger partial charge is 0.464 e. The third-order valence-corrected chi connectivity index (χ3v) is 3.29. The number of esters is 1. The van der Waals surface area contributed by atoms with Gasteiger partial charge in [0.15, 0.2) is 5.82 Å². The molecule has 0 saturated carbocycles. The third kappa shape index (κ3) is 5.10. The van der Waals surface area contributed by atoms with Gasteiger partial charge in [-0.2, -0.15) is 5.10 Å². The van der Waals surface area contributed by atoms with Crippen LogP contribution in [0.1, 0.15) is 23.0 Å². The molecule has 0 fully saturated rings. The van der Waals surface area contributed by atoms with Gasteiger partial charge in [-0.05, 0) is 24.6 Å². The molecule has 1 heterocycles. The lowest BCUT2D eigenvalue weighted by molar-refractivity contribution is -0.125. The summed E-state index contributed by atoms with van der Waals surface area (Å²) in [5.41, 5.74) is 0.190. The topological polar surface area (TPSA) is 113 Å². The first-order valence-corrected chi connectivity index (χ1v) is 7.47. The summed E-state index contributed by atoms with van der Waals surface area (Å²) in [4.78, 5) is 35.3. The Labute approximate surface area is 146 Å². The Morgan fingerprint density at radius 1 is 1.19 bits per heavy atom. The summed E-state index contributed by atoms with van der Waals surface area (Å²) in [7, 11) is 1.20. The highest BCUT2D eigenvalue weighted by molar-refractivity contribution is 5.97. The van der Waals surface area contributed by atoms with Crippen LogP contribution >= 0.6 is 0 Å². The number of rotatable bonds is 6. The second-order valence-electron chi connectivity index (χ2n) is 5.39. The van der Waals surface area contributed by atoms with Crippen LogP contribution < -0.4 is 10.6 Å². The molecule has 0 radical (unpaired) electrons. The van der Waals surface area contributed by atoms with Gasteiger partial charge < -0.3 is 15.4 Å². The van der Waals surface area contributed by atoms with Gasteiger partial charge in [-0.1, -0.05) is 0 Å². The molecule has 8 nitrogen and oxygen atoms in total. The van der Waals surface area contributed by atoms with Crippen molar-refractivity contribution in [2.45, 2.75) is 19.4 Å². The van der Waals surface area contributed by atoms with Crippen LogP contribution in [-0.4, -0.2) is 41.1 Å². The standard InChI is InChI=1S/C16H16F2N4O4/c1-8(15(24)20-13-7-12(21-22-13)16(25)26-2)19-14(23)5-9-3-10(17)6-11(18)4-9/h3-4,6-8H,5H2,1-2H3,(H,19,23)(H2,20,21,22,24). The van der Waals surface area contributed by atoms with E-state index in [0.29, 0.717) is 6.07 Å². The maximum Gasteiger partial charge on any atom is 0.356 e. The van der Waals surface area contributed by atoms with Gasteiger partial charge in [-0.3, -0.25) is 14.7 Å². The van der Waals surface area contributed by atoms with Crippen LogP contribution in [0.15, 0.2) is 24.3 Å². The molecule has 2 rings (SSSR count). The predicted molar refractivity (Wildman–Crippen MR) is 86.2 cm³/mol. The van der Waals surface area contributed by atoms with Crippen LogP contribution in [0.25, 0.3) is 0 Å². The van der Waals surface area contributed by atoms with E-state index >= 15 is 0 Å². The van der Waals surface area contributed by atoms with Gasteiger partial charge in [0, 0.05) is 12.1 Å². The van der Waals surface area contributed by atoms with Gasteiger partial charge in [0.1, 0.15) is 23.4 Å². The Bertz CT molecular complexity index is 817. The van der Waals surface area contributed by atoms with Crippen molar-refractivity contribution in [3.05, 3.63) is 47.2 Å². The summed E-state index contributed by atoms with van der Waals surface area (Å²) in [5.74, 6) is -3.34. The maximum atomic E-state index is 13.1. The second kappa shape index (κ2) is 8.19. The fourth-order valence-corrected chi connectivity index (χ4v) is 2.09. The summed E-state index contributed by atoms with van der Waals surface area (Å²) in [6.07, 6.45) is -0.290. The van der Waals surface area contributed by atoms with Gasteiger partial charge in [0.05, 0.1) is 13.5 Å². The lowest BCUT2D eigenvalue weighted by Crippen LogP contribution is -2.42. The lowest BCUT2D eigenvalue weighted by Gasteiger charge is -2.13. The summed E-state index contributed by atoms with van der Waals surface area (Å²) in [5, 5.41) is 10.9. The number of carbonyl (C=O) groups is 3. The van der Waals surface area contributed by atoms with Crippen molar-refractivity contribution in [2.24, 2.45) is 0 Å². The van der Waals surface area contributed by atoms with Gasteiger partial charge in [0.2, 0.25) is 11.8 Å². The summed E-state index contributed by atoms with van der Waals surface area (Å²) < 4.78 is 30.7. The molecule has 3 N–H and O–H groups in total. The minimum absolute atomic E-state index is 0.0487. The number of nitrogens with one attached hydrogen (secondary N) is 3. The van der Waals surface area contributed by atoms with Gasteiger partial charge >= 0.3 is 5.97 Å². The Balaban J connectivity index is 1.90. The molecule has 0 aliphatic heterocycles. The molecule has 1 aromatic heterocycles. The number of nitrogens with zero attached hydrogens (tertiary/aromatic N) is 1. The van der Waals surface area contributed by atoms with E-state index in [-0.39, 0.29) is 23.5 Å². The Hall–Kier alpha value is -3.30. The highest BCUT2D eigenvalue weighted by Crippen LogP contribution is 2.09. The number of aromatic nitrogens is 2. The van der Waals surface area contributed by atoms with E-state index in [2.05, 4.69) is 25.6 Å². The molecule has 0 aliphatic carbocycles. The quantitative estimate of drug-likeness (QED) is 0.664. The highest BCUT2D eigenvalue weighted by Gasteiger charge is 2.18. The SMILES string of the molecule is COC(=O)c1cc(NC(=O)C(C)NC(=O)Cc2cc(F)cc(F)c2)n[nH]1. The van der Waals surface area contributed by atoms with Crippen LogP contribution in [0.3, 0.4) is 0 Å². The number of hydrogen-bond donors (Lipinski definition) is 3. The minimum Gasteiger partial charge on any atom is -0.464 e. The molecule has 10 heteroatoms. The first-order chi connectivity index (χ1) is 12.3. The molecule has 2 amide bonds. The zero-order valence-corrected chi connectivity index (χ0v) is 13.9.